The van der Waals surface area contributed by atoms with E-state index in [-0.39, 0.29) is 18.0 Å². The molecule has 1 aromatic heterocycles. The van der Waals surface area contributed by atoms with Crippen molar-refractivity contribution < 1.29 is 9.59 Å². The molecule has 2 aliphatic heterocycles. The first-order valence-corrected chi connectivity index (χ1v) is 10.7. The van der Waals surface area contributed by atoms with E-state index in [0.29, 0.717) is 13.0 Å². The second kappa shape index (κ2) is 9.71. The van der Waals surface area contributed by atoms with Gasteiger partial charge in [0.15, 0.2) is 0 Å². The number of anilines is 1. The van der Waals surface area contributed by atoms with Crippen LogP contribution in [0.25, 0.3) is 0 Å². The Morgan fingerprint density at radius 2 is 1.83 bits per heavy atom. The zero-order chi connectivity index (χ0) is 20.8. The highest BCUT2D eigenvalue weighted by Crippen LogP contribution is 2.17. The quantitative estimate of drug-likeness (QED) is 0.772. The Bertz CT molecular complexity index is 848. The van der Waals surface area contributed by atoms with Gasteiger partial charge in [0.05, 0.1) is 5.69 Å². The van der Waals surface area contributed by atoms with Gasteiger partial charge < -0.3 is 15.5 Å². The van der Waals surface area contributed by atoms with E-state index in [1.54, 1.807) is 0 Å². The van der Waals surface area contributed by atoms with Gasteiger partial charge in [0, 0.05) is 57.1 Å². The number of carbonyl (C=O) groups excluding carboxylic acids is 2. The van der Waals surface area contributed by atoms with Crippen LogP contribution in [0.3, 0.4) is 0 Å². The number of amides is 3. The molecule has 2 aromatic rings. The fourth-order valence-electron chi connectivity index (χ4n) is 4.09. The Hall–Kier alpha value is -2.93. The number of benzene rings is 1. The molecule has 2 N–H and O–H groups in total. The molecule has 0 unspecified atom stereocenters. The Kier molecular flexibility index (Phi) is 6.59. The summed E-state index contributed by atoms with van der Waals surface area (Å²) in [6.07, 6.45) is 5.29. The van der Waals surface area contributed by atoms with Crippen LogP contribution in [0.5, 0.6) is 0 Å². The maximum absolute atomic E-state index is 12.4. The lowest BCUT2D eigenvalue weighted by Crippen LogP contribution is -2.45. The molecule has 1 aromatic carbocycles. The van der Waals surface area contributed by atoms with Gasteiger partial charge >= 0.3 is 6.03 Å². The predicted molar refractivity (Wildman–Crippen MR) is 116 cm³/mol. The highest BCUT2D eigenvalue weighted by Gasteiger charge is 2.21. The first-order valence-electron chi connectivity index (χ1n) is 10.7. The van der Waals surface area contributed by atoms with Crippen molar-refractivity contribution in [1.29, 1.82) is 0 Å². The molecule has 3 heterocycles. The number of nitrogens with one attached hydrogen (secondary N) is 2. The van der Waals surface area contributed by atoms with Crippen molar-refractivity contribution in [3.63, 3.8) is 0 Å². The lowest BCUT2D eigenvalue weighted by atomic mass is 10.1. The topological polar surface area (TPSA) is 77.6 Å². The fourth-order valence-corrected chi connectivity index (χ4v) is 4.09. The average Bonchev–Trinajstić information content (AvgIpc) is 3.16. The lowest BCUT2D eigenvalue weighted by Gasteiger charge is -2.32. The van der Waals surface area contributed by atoms with Crippen LogP contribution in [0.2, 0.25) is 0 Å². The van der Waals surface area contributed by atoms with Crippen LogP contribution >= 0.6 is 0 Å². The second-order valence-corrected chi connectivity index (χ2v) is 8.09. The molecule has 0 aliphatic carbocycles. The summed E-state index contributed by atoms with van der Waals surface area (Å²) in [6, 6.07) is 13.7. The molecule has 0 spiro atoms. The van der Waals surface area contributed by atoms with E-state index < -0.39 is 0 Å². The van der Waals surface area contributed by atoms with Gasteiger partial charge in [-0.3, -0.25) is 14.7 Å². The van der Waals surface area contributed by atoms with Crippen molar-refractivity contribution in [2.75, 3.05) is 25.0 Å². The Labute approximate surface area is 177 Å². The average molecular weight is 408 g/mol. The molecule has 158 valence electrons. The summed E-state index contributed by atoms with van der Waals surface area (Å²) < 4.78 is 0. The number of pyridine rings is 1. The monoisotopic (exact) mass is 407 g/mol. The normalized spacial score (nSPS) is 17.9. The van der Waals surface area contributed by atoms with Crippen molar-refractivity contribution in [2.45, 2.75) is 44.8 Å². The Balaban J connectivity index is 1.19. The molecule has 0 atom stereocenters. The molecule has 0 bridgehead atoms. The van der Waals surface area contributed by atoms with E-state index in [0.717, 1.165) is 62.4 Å². The third kappa shape index (κ3) is 5.57. The van der Waals surface area contributed by atoms with E-state index in [4.69, 9.17) is 0 Å². The molecule has 0 radical (unpaired) electrons. The maximum Gasteiger partial charge on any atom is 0.319 e. The molecule has 0 saturated carbocycles. The van der Waals surface area contributed by atoms with Crippen LogP contribution in [0.1, 0.15) is 36.9 Å². The predicted octanol–water partition coefficient (Wildman–Crippen LogP) is 2.99. The van der Waals surface area contributed by atoms with Crippen molar-refractivity contribution in [1.82, 2.24) is 20.1 Å². The lowest BCUT2D eigenvalue weighted by molar-refractivity contribution is -0.128. The summed E-state index contributed by atoms with van der Waals surface area (Å²) in [4.78, 5) is 32.8. The number of aromatic nitrogens is 1. The van der Waals surface area contributed by atoms with Gasteiger partial charge in [-0.25, -0.2) is 4.79 Å². The SMILES string of the molecule is O=C(Nc1ccc(CN2CCCC2=O)cc1)NC1CCN(Cc2ccccn2)CC1. The van der Waals surface area contributed by atoms with E-state index in [9.17, 15) is 9.59 Å². The van der Waals surface area contributed by atoms with E-state index >= 15 is 0 Å². The maximum atomic E-state index is 12.4. The van der Waals surface area contributed by atoms with Gasteiger partial charge in [-0.05, 0) is 49.1 Å². The number of urea groups is 1. The minimum absolute atomic E-state index is 0.166. The molecule has 30 heavy (non-hydrogen) atoms. The number of carbonyl (C=O) groups is 2. The molecule has 7 nitrogen and oxygen atoms in total. The number of hydrogen-bond acceptors (Lipinski definition) is 4. The smallest absolute Gasteiger partial charge is 0.319 e. The number of rotatable bonds is 6. The van der Waals surface area contributed by atoms with Gasteiger partial charge in [0.1, 0.15) is 0 Å². The summed E-state index contributed by atoms with van der Waals surface area (Å²) in [5.74, 6) is 0.225. The standard InChI is InChI=1S/C23H29N5O2/c29-22-5-3-13-28(22)16-18-6-8-19(9-7-18)25-23(30)26-20-10-14-27(15-11-20)17-21-4-1-2-12-24-21/h1-2,4,6-9,12,20H,3,5,10-11,13-17H2,(H2,25,26,30). The highest BCUT2D eigenvalue weighted by atomic mass is 16.2. The zero-order valence-corrected chi connectivity index (χ0v) is 17.2. The summed E-state index contributed by atoms with van der Waals surface area (Å²) in [7, 11) is 0. The van der Waals surface area contributed by atoms with Crippen LogP contribution in [0.4, 0.5) is 10.5 Å². The van der Waals surface area contributed by atoms with Crippen LogP contribution in [0, 0.1) is 0 Å². The first-order chi connectivity index (χ1) is 14.7. The molecule has 3 amide bonds. The first kappa shape index (κ1) is 20.3. The Morgan fingerprint density at radius 1 is 1.03 bits per heavy atom. The van der Waals surface area contributed by atoms with Gasteiger partial charge in [-0.15, -0.1) is 0 Å². The number of nitrogens with zero attached hydrogens (tertiary/aromatic N) is 3. The zero-order valence-electron chi connectivity index (χ0n) is 17.2. The third-order valence-corrected chi connectivity index (χ3v) is 5.79. The second-order valence-electron chi connectivity index (χ2n) is 8.09. The van der Waals surface area contributed by atoms with E-state index in [2.05, 4.69) is 20.5 Å². The van der Waals surface area contributed by atoms with Crippen molar-refractivity contribution in [2.24, 2.45) is 0 Å². The molecular weight excluding hydrogens is 378 g/mol. The van der Waals surface area contributed by atoms with Crippen LogP contribution in [0.15, 0.2) is 48.7 Å². The molecule has 2 fully saturated rings. The number of likely N-dealkylation sites (tertiary alicyclic amines) is 2. The molecular formula is C23H29N5O2. The number of piperidine rings is 1. The van der Waals surface area contributed by atoms with Crippen molar-refractivity contribution >= 4 is 17.6 Å². The minimum Gasteiger partial charge on any atom is -0.338 e. The van der Waals surface area contributed by atoms with Gasteiger partial charge in [-0.2, -0.15) is 0 Å². The van der Waals surface area contributed by atoms with E-state index in [1.165, 1.54) is 0 Å². The van der Waals surface area contributed by atoms with Crippen molar-refractivity contribution in [3.8, 4) is 0 Å². The Morgan fingerprint density at radius 3 is 2.50 bits per heavy atom. The van der Waals surface area contributed by atoms with E-state index in [1.807, 2.05) is 53.6 Å². The summed E-state index contributed by atoms with van der Waals surface area (Å²) in [5.41, 5.74) is 2.92. The highest BCUT2D eigenvalue weighted by molar-refractivity contribution is 5.89. The molecule has 2 aliphatic rings. The molecule has 4 rings (SSSR count). The number of hydrogen-bond donors (Lipinski definition) is 2. The minimum atomic E-state index is -0.166. The largest absolute Gasteiger partial charge is 0.338 e. The van der Waals surface area contributed by atoms with Gasteiger partial charge in [0.2, 0.25) is 5.91 Å². The van der Waals surface area contributed by atoms with Crippen LogP contribution in [-0.4, -0.2) is 52.4 Å². The summed E-state index contributed by atoms with van der Waals surface area (Å²) in [5, 5.41) is 6.00. The third-order valence-electron chi connectivity index (χ3n) is 5.79. The molecule has 2 saturated heterocycles. The van der Waals surface area contributed by atoms with Crippen molar-refractivity contribution in [3.05, 3.63) is 59.9 Å². The summed E-state index contributed by atoms with van der Waals surface area (Å²) in [6.45, 7) is 4.23. The van der Waals surface area contributed by atoms with Gasteiger partial charge in [-0.1, -0.05) is 18.2 Å². The van der Waals surface area contributed by atoms with Crippen LogP contribution in [-0.2, 0) is 17.9 Å². The summed E-state index contributed by atoms with van der Waals surface area (Å²) >= 11 is 0. The van der Waals surface area contributed by atoms with Gasteiger partial charge in [0.25, 0.3) is 0 Å². The van der Waals surface area contributed by atoms with Crippen LogP contribution < -0.4 is 10.6 Å². The fraction of sp³-hybridized carbons (Fsp3) is 0.435. The molecule has 7 heteroatoms.